The largest absolute Gasteiger partial charge is 0.383 e. The second-order valence-corrected chi connectivity index (χ2v) is 4.85. The van der Waals surface area contributed by atoms with E-state index in [4.69, 9.17) is 27.9 Å². The Morgan fingerprint density at radius 3 is 2.89 bits per heavy atom. The van der Waals surface area contributed by atoms with Crippen LogP contribution in [0, 0.1) is 0 Å². The lowest BCUT2D eigenvalue weighted by atomic mass is 10.1. The summed E-state index contributed by atoms with van der Waals surface area (Å²) >= 11 is 12.2. The molecule has 1 aromatic heterocycles. The highest BCUT2D eigenvalue weighted by Gasteiger charge is 2.09. The van der Waals surface area contributed by atoms with Crippen molar-refractivity contribution in [3.8, 4) is 5.69 Å². The normalized spacial score (nSPS) is 10.9. The van der Waals surface area contributed by atoms with Gasteiger partial charge >= 0.3 is 0 Å². The second-order valence-electron chi connectivity index (χ2n) is 4.01. The van der Waals surface area contributed by atoms with E-state index in [-0.39, 0.29) is 0 Å². The van der Waals surface area contributed by atoms with Crippen LogP contribution in [0.4, 0.5) is 0 Å². The molecule has 1 N–H and O–H groups in total. The van der Waals surface area contributed by atoms with Gasteiger partial charge in [0.2, 0.25) is 0 Å². The molecule has 0 aliphatic heterocycles. The van der Waals surface area contributed by atoms with Gasteiger partial charge < -0.3 is 10.1 Å². The molecule has 6 heteroatoms. The van der Waals surface area contributed by atoms with Crippen LogP contribution in [0.5, 0.6) is 0 Å². The zero-order chi connectivity index (χ0) is 13.7. The summed E-state index contributed by atoms with van der Waals surface area (Å²) in [5.41, 5.74) is 1.91. The minimum Gasteiger partial charge on any atom is -0.383 e. The zero-order valence-corrected chi connectivity index (χ0v) is 12.1. The van der Waals surface area contributed by atoms with Crippen molar-refractivity contribution in [2.45, 2.75) is 6.54 Å². The van der Waals surface area contributed by atoms with Crippen molar-refractivity contribution in [3.05, 3.63) is 46.2 Å². The van der Waals surface area contributed by atoms with E-state index in [1.165, 1.54) is 0 Å². The summed E-state index contributed by atoms with van der Waals surface area (Å²) in [5.74, 6) is 0. The van der Waals surface area contributed by atoms with Crippen molar-refractivity contribution >= 4 is 23.2 Å². The van der Waals surface area contributed by atoms with Crippen molar-refractivity contribution in [1.29, 1.82) is 0 Å². The molecule has 102 valence electrons. The van der Waals surface area contributed by atoms with Crippen LogP contribution in [0.1, 0.15) is 5.56 Å². The molecule has 0 spiro atoms. The molecule has 19 heavy (non-hydrogen) atoms. The maximum Gasteiger partial charge on any atom is 0.0790 e. The first-order valence-corrected chi connectivity index (χ1v) is 6.65. The summed E-state index contributed by atoms with van der Waals surface area (Å²) < 4.78 is 6.72. The lowest BCUT2D eigenvalue weighted by Crippen LogP contribution is -2.20. The minimum atomic E-state index is 0.596. The molecule has 0 aliphatic rings. The third-order valence-electron chi connectivity index (χ3n) is 2.68. The van der Waals surface area contributed by atoms with E-state index >= 15 is 0 Å². The molecule has 2 aromatic rings. The molecule has 1 heterocycles. The number of hydrogen-bond acceptors (Lipinski definition) is 3. The van der Waals surface area contributed by atoms with E-state index in [1.807, 2.05) is 18.2 Å². The fourth-order valence-corrected chi connectivity index (χ4v) is 2.13. The summed E-state index contributed by atoms with van der Waals surface area (Å²) in [4.78, 5) is 0. The number of nitrogens with one attached hydrogen (secondary N) is 1. The molecule has 0 radical (unpaired) electrons. The number of ether oxygens (including phenoxy) is 1. The Morgan fingerprint density at radius 2 is 2.21 bits per heavy atom. The molecule has 2 rings (SSSR count). The summed E-state index contributed by atoms with van der Waals surface area (Å²) in [6, 6.07) is 5.72. The first kappa shape index (κ1) is 14.3. The molecular formula is C13H15Cl2N3O. The monoisotopic (exact) mass is 299 g/mol. The average molecular weight is 300 g/mol. The second kappa shape index (κ2) is 6.91. The maximum absolute atomic E-state index is 6.25. The number of methoxy groups -OCH3 is 1. The Balaban J connectivity index is 2.21. The number of aromatic nitrogens is 2. The van der Waals surface area contributed by atoms with E-state index < -0.39 is 0 Å². The number of nitrogens with zero attached hydrogens (tertiary/aromatic N) is 2. The van der Waals surface area contributed by atoms with Gasteiger partial charge in [-0.3, -0.25) is 0 Å². The Hall–Kier alpha value is -1.07. The summed E-state index contributed by atoms with van der Waals surface area (Å²) in [5, 5.41) is 8.78. The number of hydrogen-bond donors (Lipinski definition) is 1. The quantitative estimate of drug-likeness (QED) is 0.834. The Bertz CT molecular complexity index is 542. The first-order chi connectivity index (χ1) is 9.22. The van der Waals surface area contributed by atoms with Crippen molar-refractivity contribution < 1.29 is 4.74 Å². The molecule has 0 atom stereocenters. The highest BCUT2D eigenvalue weighted by Crippen LogP contribution is 2.23. The van der Waals surface area contributed by atoms with E-state index in [9.17, 15) is 0 Å². The Kier molecular flexibility index (Phi) is 5.22. The zero-order valence-electron chi connectivity index (χ0n) is 10.6. The first-order valence-electron chi connectivity index (χ1n) is 5.90. The average Bonchev–Trinajstić information content (AvgIpc) is 2.82. The van der Waals surface area contributed by atoms with E-state index in [1.54, 1.807) is 24.2 Å². The van der Waals surface area contributed by atoms with Crippen LogP contribution in [-0.2, 0) is 11.3 Å². The lowest BCUT2D eigenvalue weighted by Gasteiger charge is -2.12. The molecular weight excluding hydrogens is 285 g/mol. The smallest absolute Gasteiger partial charge is 0.0790 e. The van der Waals surface area contributed by atoms with Crippen LogP contribution in [0.25, 0.3) is 5.69 Å². The van der Waals surface area contributed by atoms with Gasteiger partial charge in [-0.25, -0.2) is 4.68 Å². The number of benzene rings is 1. The van der Waals surface area contributed by atoms with Gasteiger partial charge in [-0.15, -0.1) is 0 Å². The third-order valence-corrected chi connectivity index (χ3v) is 3.23. The van der Waals surface area contributed by atoms with Gasteiger partial charge in [0.1, 0.15) is 0 Å². The van der Waals surface area contributed by atoms with Crippen LogP contribution < -0.4 is 5.32 Å². The highest BCUT2D eigenvalue weighted by atomic mass is 35.5. The van der Waals surface area contributed by atoms with Crippen LogP contribution >= 0.6 is 23.2 Å². The SMILES string of the molecule is COCCNCc1c(Cl)cccc1-n1cc(Cl)cn1. The van der Waals surface area contributed by atoms with Crippen LogP contribution in [0.15, 0.2) is 30.6 Å². The topological polar surface area (TPSA) is 39.1 Å². The van der Waals surface area contributed by atoms with Crippen LogP contribution in [0.2, 0.25) is 10.0 Å². The summed E-state index contributed by atoms with van der Waals surface area (Å²) in [7, 11) is 1.67. The van der Waals surface area contributed by atoms with Crippen molar-refractivity contribution in [1.82, 2.24) is 15.1 Å². The number of rotatable bonds is 6. The molecule has 0 fully saturated rings. The molecule has 0 amide bonds. The van der Waals surface area contributed by atoms with Crippen molar-refractivity contribution in [2.24, 2.45) is 0 Å². The molecule has 0 saturated carbocycles. The standard InChI is InChI=1S/C13H15Cl2N3O/c1-19-6-5-16-8-11-12(15)3-2-4-13(11)18-9-10(14)7-17-18/h2-4,7,9,16H,5-6,8H2,1H3. The fraction of sp³-hybridized carbons (Fsp3) is 0.308. The summed E-state index contributed by atoms with van der Waals surface area (Å²) in [6.07, 6.45) is 3.36. The van der Waals surface area contributed by atoms with Gasteiger partial charge in [0.15, 0.2) is 0 Å². The predicted molar refractivity (Wildman–Crippen MR) is 77.2 cm³/mol. The van der Waals surface area contributed by atoms with Gasteiger partial charge in [0, 0.05) is 37.0 Å². The van der Waals surface area contributed by atoms with E-state index in [2.05, 4.69) is 10.4 Å². The van der Waals surface area contributed by atoms with Gasteiger partial charge in [-0.2, -0.15) is 5.10 Å². The predicted octanol–water partition coefficient (Wildman–Crippen LogP) is 2.92. The fourth-order valence-electron chi connectivity index (χ4n) is 1.76. The molecule has 0 saturated heterocycles. The van der Waals surface area contributed by atoms with Crippen molar-refractivity contribution in [3.63, 3.8) is 0 Å². The van der Waals surface area contributed by atoms with Gasteiger partial charge in [-0.1, -0.05) is 29.3 Å². The highest BCUT2D eigenvalue weighted by molar-refractivity contribution is 6.31. The Morgan fingerprint density at radius 1 is 1.37 bits per heavy atom. The lowest BCUT2D eigenvalue weighted by molar-refractivity contribution is 0.199. The molecule has 4 nitrogen and oxygen atoms in total. The molecule has 1 aromatic carbocycles. The minimum absolute atomic E-state index is 0.596. The van der Waals surface area contributed by atoms with Crippen LogP contribution in [0.3, 0.4) is 0 Å². The van der Waals surface area contributed by atoms with E-state index in [0.29, 0.717) is 23.2 Å². The van der Waals surface area contributed by atoms with E-state index in [0.717, 1.165) is 17.8 Å². The Labute approximate surface area is 122 Å². The van der Waals surface area contributed by atoms with Gasteiger partial charge in [-0.05, 0) is 12.1 Å². The van der Waals surface area contributed by atoms with Gasteiger partial charge in [0.05, 0.1) is 23.5 Å². The van der Waals surface area contributed by atoms with Crippen LogP contribution in [-0.4, -0.2) is 30.0 Å². The maximum atomic E-state index is 6.25. The number of halogens is 2. The summed E-state index contributed by atoms with van der Waals surface area (Å²) in [6.45, 7) is 2.07. The third kappa shape index (κ3) is 3.70. The molecule has 0 bridgehead atoms. The van der Waals surface area contributed by atoms with Gasteiger partial charge in [0.25, 0.3) is 0 Å². The van der Waals surface area contributed by atoms with Crippen molar-refractivity contribution in [2.75, 3.05) is 20.3 Å². The molecule has 0 aliphatic carbocycles. The molecule has 0 unspecified atom stereocenters.